The molecule has 0 radical (unpaired) electrons. The van der Waals surface area contributed by atoms with Gasteiger partial charge in [0, 0.05) is 43.7 Å². The van der Waals surface area contributed by atoms with Gasteiger partial charge in [0.1, 0.15) is 11.2 Å². The number of anilines is 3. The highest BCUT2D eigenvalue weighted by atomic mass is 32.1. The first-order chi connectivity index (χ1) is 24.3. The lowest BCUT2D eigenvalue weighted by atomic mass is 9.93. The first-order valence-electron chi connectivity index (χ1n) is 16.6. The SMILES string of the molecule is c1ccc(-c2ccc(N(c3ccc4c(c3)oc3ccccc34)c3cccc4c3sc3ccc5ccccc5c34)cc2-c2ccccc2)cc1. The Hall–Kier alpha value is -6.16. The molecule has 10 aromatic rings. The van der Waals surface area contributed by atoms with E-state index >= 15 is 0 Å². The zero-order chi connectivity index (χ0) is 32.3. The Kier molecular flexibility index (Phi) is 6.39. The van der Waals surface area contributed by atoms with Crippen LogP contribution in [0, 0.1) is 0 Å². The topological polar surface area (TPSA) is 16.4 Å². The van der Waals surface area contributed by atoms with E-state index in [1.54, 1.807) is 0 Å². The molecule has 0 fully saturated rings. The van der Waals surface area contributed by atoms with E-state index in [0.29, 0.717) is 0 Å². The van der Waals surface area contributed by atoms with Gasteiger partial charge in [0.2, 0.25) is 0 Å². The number of nitrogens with zero attached hydrogens (tertiary/aromatic N) is 1. The predicted octanol–water partition coefficient (Wildman–Crippen LogP) is 13.9. The zero-order valence-corrected chi connectivity index (χ0v) is 27.3. The van der Waals surface area contributed by atoms with E-state index in [2.05, 4.69) is 169 Å². The molecule has 0 aliphatic rings. The summed E-state index contributed by atoms with van der Waals surface area (Å²) in [5.41, 5.74) is 9.83. The van der Waals surface area contributed by atoms with Crippen molar-refractivity contribution in [3.63, 3.8) is 0 Å². The molecule has 2 heterocycles. The van der Waals surface area contributed by atoms with Crippen molar-refractivity contribution in [2.75, 3.05) is 4.90 Å². The Labute approximate surface area is 287 Å². The van der Waals surface area contributed by atoms with Gasteiger partial charge in [-0.1, -0.05) is 127 Å². The van der Waals surface area contributed by atoms with Crippen LogP contribution in [0.2, 0.25) is 0 Å². The van der Waals surface area contributed by atoms with Gasteiger partial charge in [-0.15, -0.1) is 11.3 Å². The minimum atomic E-state index is 0.877. The van der Waals surface area contributed by atoms with Crippen LogP contribution in [0.5, 0.6) is 0 Å². The molecule has 10 rings (SSSR count). The van der Waals surface area contributed by atoms with Gasteiger partial charge in [-0.2, -0.15) is 0 Å². The van der Waals surface area contributed by atoms with Crippen LogP contribution in [0.1, 0.15) is 0 Å². The average Bonchev–Trinajstić information content (AvgIpc) is 3.74. The van der Waals surface area contributed by atoms with Gasteiger partial charge in [-0.05, 0) is 75.5 Å². The number of para-hydroxylation sites is 1. The summed E-state index contributed by atoms with van der Waals surface area (Å²) in [6.07, 6.45) is 0. The molecule has 0 N–H and O–H groups in total. The molecule has 0 spiro atoms. The van der Waals surface area contributed by atoms with E-state index in [1.165, 1.54) is 53.2 Å². The first kappa shape index (κ1) is 27.9. The fraction of sp³-hybridized carbons (Fsp3) is 0. The number of hydrogen-bond donors (Lipinski definition) is 0. The zero-order valence-electron chi connectivity index (χ0n) is 26.5. The molecule has 0 aliphatic carbocycles. The molecule has 49 heavy (non-hydrogen) atoms. The molecule has 3 heteroatoms. The van der Waals surface area contributed by atoms with Crippen LogP contribution in [0.25, 0.3) is 75.1 Å². The van der Waals surface area contributed by atoms with Crippen LogP contribution < -0.4 is 4.90 Å². The van der Waals surface area contributed by atoms with E-state index in [-0.39, 0.29) is 0 Å². The summed E-state index contributed by atoms with van der Waals surface area (Å²) in [7, 11) is 0. The van der Waals surface area contributed by atoms with Gasteiger partial charge in [-0.25, -0.2) is 0 Å². The molecule has 0 saturated heterocycles. The van der Waals surface area contributed by atoms with Crippen molar-refractivity contribution in [2.24, 2.45) is 0 Å². The Morgan fingerprint density at radius 3 is 1.92 bits per heavy atom. The molecule has 0 unspecified atom stereocenters. The number of thiophene rings is 1. The largest absolute Gasteiger partial charge is 0.456 e. The van der Waals surface area contributed by atoms with Gasteiger partial charge in [-0.3, -0.25) is 0 Å². The van der Waals surface area contributed by atoms with Crippen LogP contribution in [-0.2, 0) is 0 Å². The van der Waals surface area contributed by atoms with Crippen LogP contribution in [0.15, 0.2) is 180 Å². The second kappa shape index (κ2) is 11.2. The smallest absolute Gasteiger partial charge is 0.137 e. The summed E-state index contributed by atoms with van der Waals surface area (Å²) in [4.78, 5) is 2.41. The van der Waals surface area contributed by atoms with E-state index < -0.39 is 0 Å². The van der Waals surface area contributed by atoms with Gasteiger partial charge >= 0.3 is 0 Å². The predicted molar refractivity (Wildman–Crippen MR) is 210 cm³/mol. The average molecular weight is 644 g/mol. The number of hydrogen-bond acceptors (Lipinski definition) is 3. The Morgan fingerprint density at radius 2 is 1.08 bits per heavy atom. The van der Waals surface area contributed by atoms with Gasteiger partial charge in [0.25, 0.3) is 0 Å². The van der Waals surface area contributed by atoms with E-state index in [0.717, 1.165) is 39.0 Å². The highest BCUT2D eigenvalue weighted by molar-refractivity contribution is 7.26. The summed E-state index contributed by atoms with van der Waals surface area (Å²) in [6, 6.07) is 63.2. The third-order valence-electron chi connectivity index (χ3n) is 9.66. The molecule has 0 atom stereocenters. The second-order valence-corrected chi connectivity index (χ2v) is 13.5. The van der Waals surface area contributed by atoms with Crippen LogP contribution in [0.3, 0.4) is 0 Å². The fourth-order valence-electron chi connectivity index (χ4n) is 7.41. The summed E-state index contributed by atoms with van der Waals surface area (Å²) in [6.45, 7) is 0. The van der Waals surface area contributed by atoms with Crippen molar-refractivity contribution in [2.45, 2.75) is 0 Å². The maximum atomic E-state index is 6.44. The first-order valence-corrected chi connectivity index (χ1v) is 17.4. The van der Waals surface area contributed by atoms with Crippen molar-refractivity contribution in [3.8, 4) is 22.3 Å². The molecule has 2 aromatic heterocycles. The van der Waals surface area contributed by atoms with E-state index in [4.69, 9.17) is 4.42 Å². The van der Waals surface area contributed by atoms with Crippen LogP contribution in [0.4, 0.5) is 17.1 Å². The number of fused-ring (bicyclic) bond motifs is 8. The standard InChI is InChI=1S/C46H29NOS/c1-3-12-30(13-4-1)35-25-23-33(28-40(35)31-14-5-2-6-15-31)47(34-24-26-38-37-18-9-10-21-42(37)48-43(38)29-34)41-20-11-19-39-45-36-17-8-7-16-32(36)22-27-44(45)49-46(39)41/h1-29H. The lowest BCUT2D eigenvalue weighted by molar-refractivity contribution is 0.669. The molecular weight excluding hydrogens is 615 g/mol. The van der Waals surface area contributed by atoms with E-state index in [9.17, 15) is 0 Å². The summed E-state index contributed by atoms with van der Waals surface area (Å²) < 4.78 is 8.99. The van der Waals surface area contributed by atoms with Crippen LogP contribution in [-0.4, -0.2) is 0 Å². The molecule has 0 amide bonds. The third-order valence-corrected chi connectivity index (χ3v) is 10.9. The molecule has 0 bridgehead atoms. The van der Waals surface area contributed by atoms with Crippen molar-refractivity contribution in [1.82, 2.24) is 0 Å². The second-order valence-electron chi connectivity index (χ2n) is 12.5. The van der Waals surface area contributed by atoms with Gasteiger partial charge < -0.3 is 9.32 Å². The van der Waals surface area contributed by atoms with Crippen LogP contribution >= 0.6 is 11.3 Å². The quantitative estimate of drug-likeness (QED) is 0.186. The molecule has 8 aromatic carbocycles. The molecule has 2 nitrogen and oxygen atoms in total. The van der Waals surface area contributed by atoms with Crippen molar-refractivity contribution >= 4 is 81.3 Å². The Balaban J connectivity index is 1.26. The Bertz CT molecular complexity index is 2830. The minimum Gasteiger partial charge on any atom is -0.456 e. The highest BCUT2D eigenvalue weighted by Crippen LogP contribution is 2.48. The third kappa shape index (κ3) is 4.55. The Morgan fingerprint density at radius 1 is 0.429 bits per heavy atom. The molecular formula is C46H29NOS. The molecule has 0 saturated carbocycles. The highest BCUT2D eigenvalue weighted by Gasteiger charge is 2.22. The lowest BCUT2D eigenvalue weighted by Gasteiger charge is -2.27. The number of rotatable bonds is 5. The number of benzene rings is 8. The van der Waals surface area contributed by atoms with Crippen molar-refractivity contribution in [3.05, 3.63) is 176 Å². The molecule has 230 valence electrons. The van der Waals surface area contributed by atoms with Crippen molar-refractivity contribution < 1.29 is 4.42 Å². The van der Waals surface area contributed by atoms with E-state index in [1.807, 2.05) is 23.5 Å². The maximum absolute atomic E-state index is 6.44. The summed E-state index contributed by atoms with van der Waals surface area (Å²) >= 11 is 1.86. The monoisotopic (exact) mass is 643 g/mol. The lowest BCUT2D eigenvalue weighted by Crippen LogP contribution is -2.10. The van der Waals surface area contributed by atoms with Gasteiger partial charge in [0.15, 0.2) is 0 Å². The summed E-state index contributed by atoms with van der Waals surface area (Å²) in [5.74, 6) is 0. The fourth-order valence-corrected chi connectivity index (χ4v) is 8.63. The number of furan rings is 1. The normalized spacial score (nSPS) is 11.7. The maximum Gasteiger partial charge on any atom is 0.137 e. The summed E-state index contributed by atoms with van der Waals surface area (Å²) in [5, 5.41) is 7.39. The van der Waals surface area contributed by atoms with Gasteiger partial charge in [0.05, 0.1) is 10.4 Å². The van der Waals surface area contributed by atoms with Crippen molar-refractivity contribution in [1.29, 1.82) is 0 Å². The minimum absolute atomic E-state index is 0.877. The molecule has 0 aliphatic heterocycles.